The summed E-state index contributed by atoms with van der Waals surface area (Å²) >= 11 is 0. The highest BCUT2D eigenvalue weighted by Gasteiger charge is 2.45. The van der Waals surface area contributed by atoms with E-state index >= 15 is 0 Å². The van der Waals surface area contributed by atoms with Gasteiger partial charge in [-0.1, -0.05) is 24.3 Å². The smallest absolute Gasteiger partial charge is 0.416 e. The first-order valence-electron chi connectivity index (χ1n) is 8.42. The standard InChI is InChI=1S/C20H13F4NO3/c21-11-4-3-5-12(8-11)25-16-10-28-19(27)18(16)14(9-17(25)26)13-6-1-2-7-15(13)20(22,23)24/h1-8,14H,9-10H2. The Hall–Kier alpha value is -3.16. The third kappa shape index (κ3) is 2.94. The fourth-order valence-corrected chi connectivity index (χ4v) is 3.69. The fourth-order valence-electron chi connectivity index (χ4n) is 3.69. The van der Waals surface area contributed by atoms with Gasteiger partial charge in [-0.25, -0.2) is 9.18 Å². The van der Waals surface area contributed by atoms with Crippen LogP contribution in [0.3, 0.4) is 0 Å². The molecule has 4 rings (SSSR count). The van der Waals surface area contributed by atoms with Gasteiger partial charge in [-0.2, -0.15) is 13.2 Å². The van der Waals surface area contributed by atoms with E-state index in [0.29, 0.717) is 0 Å². The molecule has 1 unspecified atom stereocenters. The zero-order valence-electron chi connectivity index (χ0n) is 14.3. The number of nitrogens with zero attached hydrogens (tertiary/aromatic N) is 1. The van der Waals surface area contributed by atoms with Gasteiger partial charge in [0, 0.05) is 12.3 Å². The van der Waals surface area contributed by atoms with Gasteiger partial charge >= 0.3 is 12.1 Å². The van der Waals surface area contributed by atoms with E-state index in [1.54, 1.807) is 0 Å². The number of carbonyl (C=O) groups is 2. The Morgan fingerprint density at radius 3 is 2.50 bits per heavy atom. The normalized spacial score (nSPS) is 19.7. The topological polar surface area (TPSA) is 46.6 Å². The van der Waals surface area contributed by atoms with E-state index in [4.69, 9.17) is 4.74 Å². The summed E-state index contributed by atoms with van der Waals surface area (Å²) in [4.78, 5) is 26.3. The maximum absolute atomic E-state index is 13.6. The van der Waals surface area contributed by atoms with Crippen molar-refractivity contribution in [3.05, 3.63) is 76.7 Å². The number of hydrogen-bond acceptors (Lipinski definition) is 3. The Morgan fingerprint density at radius 2 is 1.79 bits per heavy atom. The van der Waals surface area contributed by atoms with Crippen LogP contribution in [0.4, 0.5) is 23.2 Å². The number of esters is 1. The highest BCUT2D eigenvalue weighted by atomic mass is 19.4. The molecule has 0 bridgehead atoms. The monoisotopic (exact) mass is 391 g/mol. The predicted molar refractivity (Wildman–Crippen MR) is 90.7 cm³/mol. The molecular weight excluding hydrogens is 378 g/mol. The Labute approximate surface area is 157 Å². The van der Waals surface area contributed by atoms with E-state index in [2.05, 4.69) is 0 Å². The summed E-state index contributed by atoms with van der Waals surface area (Å²) in [5.41, 5.74) is -0.722. The number of ether oxygens (including phenoxy) is 1. The van der Waals surface area contributed by atoms with Gasteiger partial charge in [0.25, 0.3) is 0 Å². The predicted octanol–water partition coefficient (Wildman–Crippen LogP) is 4.18. The van der Waals surface area contributed by atoms with Crippen molar-refractivity contribution in [1.29, 1.82) is 0 Å². The summed E-state index contributed by atoms with van der Waals surface area (Å²) in [7, 11) is 0. The maximum Gasteiger partial charge on any atom is 0.416 e. The van der Waals surface area contributed by atoms with E-state index in [1.165, 1.54) is 36.4 Å². The van der Waals surface area contributed by atoms with Gasteiger partial charge in [0.1, 0.15) is 12.4 Å². The van der Waals surface area contributed by atoms with Crippen LogP contribution in [0.25, 0.3) is 0 Å². The summed E-state index contributed by atoms with van der Waals surface area (Å²) in [6, 6.07) is 10.1. The highest BCUT2D eigenvalue weighted by Crippen LogP contribution is 2.45. The zero-order chi connectivity index (χ0) is 20.1. The average molecular weight is 391 g/mol. The van der Waals surface area contributed by atoms with Gasteiger partial charge in [-0.05, 0) is 29.8 Å². The molecular formula is C20H13F4NO3. The Kier molecular flexibility index (Phi) is 4.21. The number of alkyl halides is 3. The van der Waals surface area contributed by atoms with E-state index in [1.807, 2.05) is 0 Å². The number of benzene rings is 2. The number of carbonyl (C=O) groups excluding carboxylic acids is 2. The number of hydrogen-bond donors (Lipinski definition) is 0. The van der Waals surface area contributed by atoms with Gasteiger partial charge in [-0.3, -0.25) is 9.69 Å². The van der Waals surface area contributed by atoms with Gasteiger partial charge in [-0.15, -0.1) is 0 Å². The zero-order valence-corrected chi connectivity index (χ0v) is 14.3. The molecule has 2 heterocycles. The van der Waals surface area contributed by atoms with Crippen LogP contribution in [-0.2, 0) is 20.5 Å². The van der Waals surface area contributed by atoms with Gasteiger partial charge in [0.2, 0.25) is 5.91 Å². The van der Waals surface area contributed by atoms with Crippen molar-refractivity contribution in [3.8, 4) is 0 Å². The lowest BCUT2D eigenvalue weighted by atomic mass is 9.82. The van der Waals surface area contributed by atoms with Crippen molar-refractivity contribution in [2.75, 3.05) is 11.5 Å². The molecule has 2 aliphatic heterocycles. The molecule has 0 radical (unpaired) electrons. The van der Waals surface area contributed by atoms with E-state index in [9.17, 15) is 27.2 Å². The molecule has 2 aromatic carbocycles. The molecule has 0 fully saturated rings. The van der Waals surface area contributed by atoms with E-state index in [0.717, 1.165) is 17.0 Å². The summed E-state index contributed by atoms with van der Waals surface area (Å²) in [6.45, 7) is -0.263. The van der Waals surface area contributed by atoms with Crippen molar-refractivity contribution in [3.63, 3.8) is 0 Å². The third-order valence-corrected chi connectivity index (χ3v) is 4.83. The van der Waals surface area contributed by atoms with Gasteiger partial charge in [0.15, 0.2) is 0 Å². The van der Waals surface area contributed by atoms with Crippen LogP contribution in [0.2, 0.25) is 0 Å². The molecule has 2 aromatic rings. The fraction of sp³-hybridized carbons (Fsp3) is 0.200. The molecule has 28 heavy (non-hydrogen) atoms. The molecule has 8 heteroatoms. The minimum atomic E-state index is -4.64. The second-order valence-corrected chi connectivity index (χ2v) is 6.49. The van der Waals surface area contributed by atoms with Crippen molar-refractivity contribution >= 4 is 17.6 Å². The first-order valence-corrected chi connectivity index (χ1v) is 8.42. The molecule has 0 aliphatic carbocycles. The lowest BCUT2D eigenvalue weighted by Crippen LogP contribution is -2.38. The van der Waals surface area contributed by atoms with Crippen LogP contribution < -0.4 is 4.90 Å². The first-order chi connectivity index (χ1) is 13.3. The van der Waals surface area contributed by atoms with E-state index in [-0.39, 0.29) is 35.5 Å². The Morgan fingerprint density at radius 1 is 1.04 bits per heavy atom. The van der Waals surface area contributed by atoms with Crippen molar-refractivity contribution in [1.82, 2.24) is 0 Å². The molecule has 0 saturated heterocycles. The van der Waals surface area contributed by atoms with E-state index < -0.39 is 35.4 Å². The molecule has 144 valence electrons. The van der Waals surface area contributed by atoms with Crippen molar-refractivity contribution in [2.24, 2.45) is 0 Å². The van der Waals surface area contributed by atoms with Crippen molar-refractivity contribution < 1.29 is 31.9 Å². The molecule has 4 nitrogen and oxygen atoms in total. The van der Waals surface area contributed by atoms with Crippen LogP contribution >= 0.6 is 0 Å². The number of rotatable bonds is 2. The van der Waals surface area contributed by atoms with Crippen LogP contribution in [0.1, 0.15) is 23.5 Å². The molecule has 0 aromatic heterocycles. The molecule has 0 N–H and O–H groups in total. The second kappa shape index (κ2) is 6.47. The number of amides is 1. The molecule has 0 spiro atoms. The van der Waals surface area contributed by atoms with Crippen LogP contribution in [0.5, 0.6) is 0 Å². The second-order valence-electron chi connectivity index (χ2n) is 6.49. The summed E-state index contributed by atoms with van der Waals surface area (Å²) in [6.07, 6.45) is -5.00. The number of cyclic esters (lactones) is 1. The van der Waals surface area contributed by atoms with Crippen LogP contribution in [-0.4, -0.2) is 18.5 Å². The van der Waals surface area contributed by atoms with Gasteiger partial charge < -0.3 is 4.74 Å². The molecule has 2 aliphatic rings. The van der Waals surface area contributed by atoms with Crippen LogP contribution in [0, 0.1) is 5.82 Å². The minimum Gasteiger partial charge on any atom is -0.456 e. The number of halogens is 4. The molecule has 0 saturated carbocycles. The summed E-state index contributed by atoms with van der Waals surface area (Å²) in [5.74, 6) is -2.97. The molecule has 1 atom stereocenters. The summed E-state index contributed by atoms with van der Waals surface area (Å²) in [5, 5.41) is 0. The quantitative estimate of drug-likeness (QED) is 0.570. The number of anilines is 1. The average Bonchev–Trinajstić information content (AvgIpc) is 3.02. The summed E-state index contributed by atoms with van der Waals surface area (Å²) < 4.78 is 59.0. The largest absolute Gasteiger partial charge is 0.456 e. The Bertz CT molecular complexity index is 1010. The highest BCUT2D eigenvalue weighted by molar-refractivity contribution is 6.06. The third-order valence-electron chi connectivity index (χ3n) is 4.83. The SMILES string of the molecule is O=C1OCC2=C1C(c1ccccc1C(F)(F)F)CC(=O)N2c1cccc(F)c1. The maximum atomic E-state index is 13.6. The van der Waals surface area contributed by atoms with Crippen molar-refractivity contribution in [2.45, 2.75) is 18.5 Å². The molecule has 1 amide bonds. The van der Waals surface area contributed by atoms with Crippen LogP contribution in [0.15, 0.2) is 59.8 Å². The first kappa shape index (κ1) is 18.2. The lowest BCUT2D eigenvalue weighted by Gasteiger charge is -2.32. The lowest BCUT2D eigenvalue weighted by molar-refractivity contribution is -0.139. The Balaban J connectivity index is 1.88. The van der Waals surface area contributed by atoms with Gasteiger partial charge in [0.05, 0.1) is 22.5 Å². The minimum absolute atomic E-state index is 0.000520.